The van der Waals surface area contributed by atoms with Crippen LogP contribution < -0.4 is 14.8 Å². The number of ether oxygens (including phenoxy) is 2. The molecule has 152 valence electrons. The van der Waals surface area contributed by atoms with Gasteiger partial charge in [-0.3, -0.25) is 4.79 Å². The van der Waals surface area contributed by atoms with Gasteiger partial charge in [-0.1, -0.05) is 52.2 Å². The number of carbonyl (C=O) groups excluding carboxylic acids is 1. The van der Waals surface area contributed by atoms with Crippen LogP contribution in [0.15, 0.2) is 48.5 Å². The fourth-order valence-electron chi connectivity index (χ4n) is 2.73. The van der Waals surface area contributed by atoms with E-state index in [0.29, 0.717) is 24.7 Å². The van der Waals surface area contributed by atoms with Gasteiger partial charge in [-0.15, -0.1) is 0 Å². The third kappa shape index (κ3) is 8.03. The van der Waals surface area contributed by atoms with Gasteiger partial charge >= 0.3 is 0 Å². The first-order valence-corrected chi connectivity index (χ1v) is 10.4. The van der Waals surface area contributed by atoms with E-state index in [1.54, 1.807) is 12.1 Å². The number of anilines is 1. The molecule has 4 nitrogen and oxygen atoms in total. The summed E-state index contributed by atoms with van der Waals surface area (Å²) >= 11 is 0. The van der Waals surface area contributed by atoms with Gasteiger partial charge in [0.05, 0.1) is 13.2 Å². The largest absolute Gasteiger partial charge is 0.494 e. The predicted octanol–water partition coefficient (Wildman–Crippen LogP) is 6.32. The Labute approximate surface area is 169 Å². The van der Waals surface area contributed by atoms with Crippen molar-refractivity contribution in [3.63, 3.8) is 0 Å². The van der Waals surface area contributed by atoms with E-state index in [-0.39, 0.29) is 5.91 Å². The molecule has 2 rings (SSSR count). The number of amides is 1. The van der Waals surface area contributed by atoms with Crippen molar-refractivity contribution in [2.75, 3.05) is 18.5 Å². The van der Waals surface area contributed by atoms with Crippen LogP contribution in [0.2, 0.25) is 0 Å². The number of rotatable bonds is 12. The first-order chi connectivity index (χ1) is 13.6. The molecule has 28 heavy (non-hydrogen) atoms. The lowest BCUT2D eigenvalue weighted by atomic mass is 10.1. The predicted molar refractivity (Wildman–Crippen MR) is 115 cm³/mol. The lowest BCUT2D eigenvalue weighted by Gasteiger charge is -2.11. The molecule has 0 aliphatic heterocycles. The van der Waals surface area contributed by atoms with Crippen LogP contribution in [-0.4, -0.2) is 19.1 Å². The fraction of sp³-hybridized carbons (Fsp3) is 0.458. The summed E-state index contributed by atoms with van der Waals surface area (Å²) in [7, 11) is 0. The molecular formula is C24H33NO3. The van der Waals surface area contributed by atoms with E-state index in [0.717, 1.165) is 30.0 Å². The second-order valence-corrected chi connectivity index (χ2v) is 7.45. The number of hydrogen-bond donors (Lipinski definition) is 1. The second-order valence-electron chi connectivity index (χ2n) is 7.45. The molecule has 0 saturated carbocycles. The van der Waals surface area contributed by atoms with Crippen molar-refractivity contribution in [3.8, 4) is 11.5 Å². The molecule has 1 amide bonds. The summed E-state index contributed by atoms with van der Waals surface area (Å²) in [6, 6.07) is 14.8. The molecule has 2 aromatic rings. The van der Waals surface area contributed by atoms with E-state index < -0.39 is 0 Å². The van der Waals surface area contributed by atoms with Crippen molar-refractivity contribution in [2.24, 2.45) is 5.92 Å². The van der Waals surface area contributed by atoms with E-state index in [1.165, 1.54) is 19.3 Å². The number of hydrogen-bond acceptors (Lipinski definition) is 3. The Bertz CT molecular complexity index is 727. The Balaban J connectivity index is 1.89. The van der Waals surface area contributed by atoms with Crippen LogP contribution in [0.1, 0.15) is 63.2 Å². The summed E-state index contributed by atoms with van der Waals surface area (Å²) in [6.45, 7) is 7.88. The van der Waals surface area contributed by atoms with E-state index in [2.05, 4.69) is 26.1 Å². The molecule has 0 saturated heterocycles. The van der Waals surface area contributed by atoms with Crippen molar-refractivity contribution < 1.29 is 14.3 Å². The monoisotopic (exact) mass is 383 g/mol. The highest BCUT2D eigenvalue weighted by Crippen LogP contribution is 2.20. The standard InChI is InChI=1S/C24H33NO3/c1-4-5-6-7-15-27-23-13-9-11-21(18-23)25-24(26)20-10-8-12-22(17-20)28-16-14-19(2)3/h8-13,17-19H,4-7,14-16H2,1-3H3,(H,25,26). The van der Waals surface area contributed by atoms with Crippen LogP contribution in [0, 0.1) is 5.92 Å². The number of carbonyl (C=O) groups is 1. The van der Waals surface area contributed by atoms with Gasteiger partial charge in [0.25, 0.3) is 5.91 Å². The third-order valence-corrected chi connectivity index (χ3v) is 4.42. The molecule has 2 aromatic carbocycles. The van der Waals surface area contributed by atoms with E-state index in [1.807, 2.05) is 36.4 Å². The summed E-state index contributed by atoms with van der Waals surface area (Å²) in [6.07, 6.45) is 5.67. The molecule has 0 radical (unpaired) electrons. The highest BCUT2D eigenvalue weighted by Gasteiger charge is 2.08. The van der Waals surface area contributed by atoms with Crippen LogP contribution in [0.25, 0.3) is 0 Å². The number of unbranched alkanes of at least 4 members (excludes halogenated alkanes) is 3. The zero-order valence-corrected chi connectivity index (χ0v) is 17.4. The first kappa shape index (κ1) is 21.8. The van der Waals surface area contributed by atoms with Crippen molar-refractivity contribution in [1.82, 2.24) is 0 Å². The Morgan fingerprint density at radius 2 is 1.64 bits per heavy atom. The average molecular weight is 384 g/mol. The van der Waals surface area contributed by atoms with E-state index in [9.17, 15) is 4.79 Å². The molecule has 4 heteroatoms. The normalized spacial score (nSPS) is 10.7. The first-order valence-electron chi connectivity index (χ1n) is 10.4. The number of benzene rings is 2. The molecule has 0 atom stereocenters. The van der Waals surface area contributed by atoms with Crippen molar-refractivity contribution >= 4 is 11.6 Å². The van der Waals surface area contributed by atoms with Crippen LogP contribution in [0.4, 0.5) is 5.69 Å². The molecule has 0 aliphatic carbocycles. The summed E-state index contributed by atoms with van der Waals surface area (Å²) in [5.74, 6) is 1.93. The lowest BCUT2D eigenvalue weighted by Crippen LogP contribution is -2.12. The topological polar surface area (TPSA) is 47.6 Å². The summed E-state index contributed by atoms with van der Waals surface area (Å²) in [5.41, 5.74) is 1.30. The van der Waals surface area contributed by atoms with Crippen molar-refractivity contribution in [2.45, 2.75) is 52.9 Å². The van der Waals surface area contributed by atoms with E-state index >= 15 is 0 Å². The molecule has 0 bridgehead atoms. The highest BCUT2D eigenvalue weighted by molar-refractivity contribution is 6.04. The smallest absolute Gasteiger partial charge is 0.255 e. The minimum Gasteiger partial charge on any atom is -0.494 e. The molecule has 0 fully saturated rings. The third-order valence-electron chi connectivity index (χ3n) is 4.42. The van der Waals surface area contributed by atoms with Gasteiger partial charge < -0.3 is 14.8 Å². The summed E-state index contributed by atoms with van der Waals surface area (Å²) in [4.78, 5) is 12.6. The van der Waals surface area contributed by atoms with Gasteiger partial charge in [0.2, 0.25) is 0 Å². The van der Waals surface area contributed by atoms with Crippen LogP contribution in [0.3, 0.4) is 0 Å². The molecular weight excluding hydrogens is 350 g/mol. The summed E-state index contributed by atoms with van der Waals surface area (Å²) < 4.78 is 11.5. The van der Waals surface area contributed by atoms with Crippen LogP contribution in [-0.2, 0) is 0 Å². The molecule has 0 aliphatic rings. The Hall–Kier alpha value is -2.49. The minimum atomic E-state index is -0.158. The van der Waals surface area contributed by atoms with Gasteiger partial charge in [-0.2, -0.15) is 0 Å². The average Bonchev–Trinajstić information content (AvgIpc) is 2.68. The Kier molecular flexibility index (Phi) is 9.40. The molecule has 1 N–H and O–H groups in total. The van der Waals surface area contributed by atoms with Gasteiger partial charge in [0.15, 0.2) is 0 Å². The maximum atomic E-state index is 12.6. The maximum absolute atomic E-state index is 12.6. The van der Waals surface area contributed by atoms with Gasteiger partial charge in [0, 0.05) is 17.3 Å². The minimum absolute atomic E-state index is 0.158. The Morgan fingerprint density at radius 1 is 0.929 bits per heavy atom. The molecule has 0 heterocycles. The number of nitrogens with one attached hydrogen (secondary N) is 1. The molecule has 0 spiro atoms. The highest BCUT2D eigenvalue weighted by atomic mass is 16.5. The quantitative estimate of drug-likeness (QED) is 0.436. The molecule has 0 unspecified atom stereocenters. The zero-order chi connectivity index (χ0) is 20.2. The van der Waals surface area contributed by atoms with Crippen LogP contribution in [0.5, 0.6) is 11.5 Å². The Morgan fingerprint density at radius 3 is 2.39 bits per heavy atom. The second kappa shape index (κ2) is 12.1. The SMILES string of the molecule is CCCCCCOc1cccc(NC(=O)c2cccc(OCCC(C)C)c2)c1. The zero-order valence-electron chi connectivity index (χ0n) is 17.4. The fourth-order valence-corrected chi connectivity index (χ4v) is 2.73. The maximum Gasteiger partial charge on any atom is 0.255 e. The van der Waals surface area contributed by atoms with Gasteiger partial charge in [-0.25, -0.2) is 0 Å². The summed E-state index contributed by atoms with van der Waals surface area (Å²) in [5, 5.41) is 2.94. The van der Waals surface area contributed by atoms with Gasteiger partial charge in [-0.05, 0) is 49.1 Å². The lowest BCUT2D eigenvalue weighted by molar-refractivity contribution is 0.102. The molecule has 0 aromatic heterocycles. The van der Waals surface area contributed by atoms with Crippen molar-refractivity contribution in [1.29, 1.82) is 0 Å². The van der Waals surface area contributed by atoms with Crippen LogP contribution >= 0.6 is 0 Å². The van der Waals surface area contributed by atoms with E-state index in [4.69, 9.17) is 9.47 Å². The van der Waals surface area contributed by atoms with Gasteiger partial charge in [0.1, 0.15) is 11.5 Å². The van der Waals surface area contributed by atoms with Crippen molar-refractivity contribution in [3.05, 3.63) is 54.1 Å².